The van der Waals surface area contributed by atoms with Crippen molar-refractivity contribution < 1.29 is 24.1 Å². The number of nitrogens with zero attached hydrogens (tertiary/aromatic N) is 2. The van der Waals surface area contributed by atoms with Gasteiger partial charge in [-0.15, -0.1) is 22.7 Å². The first-order valence-electron chi connectivity index (χ1n) is 9.00. The highest BCUT2D eigenvalue weighted by Gasteiger charge is 2.21. The van der Waals surface area contributed by atoms with Crippen LogP contribution >= 0.6 is 22.7 Å². The number of aromatic nitrogens is 2. The minimum absolute atomic E-state index is 0.0186. The van der Waals surface area contributed by atoms with E-state index in [9.17, 15) is 9.90 Å². The Kier molecular flexibility index (Phi) is 8.97. The van der Waals surface area contributed by atoms with Gasteiger partial charge < -0.3 is 19.3 Å². The SMILES string of the molecule is COC(=O)C=C(OC)[C@H](C)[C@H](C=Cc1csc(-c2csc([C@H](C)CO)n2)n1)OC. The number of aliphatic hydroxyl groups excluding tert-OH is 1. The molecular formula is C20H26N2O5S2. The number of rotatable bonds is 10. The molecule has 0 aliphatic heterocycles. The van der Waals surface area contributed by atoms with Gasteiger partial charge in [0.15, 0.2) is 0 Å². The predicted molar refractivity (Wildman–Crippen MR) is 115 cm³/mol. The standard InChI is InChI=1S/C20H26N2O5S2/c1-12(9-23)19-22-15(11-29-19)20-21-14(10-28-20)6-7-16(25-3)13(2)17(26-4)8-18(24)27-5/h6-8,10-13,16,23H,9H2,1-5H3/t12-,13-,16+/m1/s1. The van der Waals surface area contributed by atoms with Crippen LogP contribution in [-0.4, -0.2) is 55.1 Å². The largest absolute Gasteiger partial charge is 0.500 e. The summed E-state index contributed by atoms with van der Waals surface area (Å²) in [5.41, 5.74) is 1.61. The molecule has 0 saturated carbocycles. The van der Waals surface area contributed by atoms with E-state index < -0.39 is 5.97 Å². The molecule has 1 N–H and O–H groups in total. The lowest BCUT2D eigenvalue weighted by atomic mass is 10.0. The third kappa shape index (κ3) is 6.20. The van der Waals surface area contributed by atoms with E-state index >= 15 is 0 Å². The van der Waals surface area contributed by atoms with Crippen molar-refractivity contribution in [2.75, 3.05) is 27.9 Å². The molecule has 2 rings (SSSR count). The van der Waals surface area contributed by atoms with E-state index in [2.05, 4.69) is 14.7 Å². The molecule has 0 unspecified atom stereocenters. The minimum atomic E-state index is -0.477. The average molecular weight is 439 g/mol. The molecule has 0 radical (unpaired) electrons. The van der Waals surface area contributed by atoms with E-state index in [-0.39, 0.29) is 24.5 Å². The van der Waals surface area contributed by atoms with Gasteiger partial charge in [-0.05, 0) is 6.08 Å². The Morgan fingerprint density at radius 3 is 2.55 bits per heavy atom. The van der Waals surface area contributed by atoms with Gasteiger partial charge in [0.1, 0.15) is 16.5 Å². The van der Waals surface area contributed by atoms with Gasteiger partial charge in [0.2, 0.25) is 0 Å². The highest BCUT2D eigenvalue weighted by molar-refractivity contribution is 7.14. The third-order valence-electron chi connectivity index (χ3n) is 4.33. The summed E-state index contributed by atoms with van der Waals surface area (Å²) in [6, 6.07) is 0. The second-order valence-corrected chi connectivity index (χ2v) is 8.10. The van der Waals surface area contributed by atoms with Gasteiger partial charge in [-0.3, -0.25) is 0 Å². The maximum atomic E-state index is 11.5. The zero-order chi connectivity index (χ0) is 21.4. The van der Waals surface area contributed by atoms with E-state index in [1.807, 2.05) is 36.8 Å². The lowest BCUT2D eigenvalue weighted by Gasteiger charge is -2.21. The van der Waals surface area contributed by atoms with Crippen LogP contribution in [0.2, 0.25) is 0 Å². The fraction of sp³-hybridized carbons (Fsp3) is 0.450. The number of carbonyl (C=O) groups excluding carboxylic acids is 1. The Morgan fingerprint density at radius 1 is 1.17 bits per heavy atom. The summed E-state index contributed by atoms with van der Waals surface area (Å²) >= 11 is 3.03. The van der Waals surface area contributed by atoms with Gasteiger partial charge in [0.05, 0.1) is 43.7 Å². The third-order valence-corrected chi connectivity index (χ3v) is 6.29. The Hall–Kier alpha value is -2.07. The van der Waals surface area contributed by atoms with Gasteiger partial charge in [0.25, 0.3) is 0 Å². The summed E-state index contributed by atoms with van der Waals surface area (Å²) in [5.74, 6) is -0.181. The number of ether oxygens (including phenoxy) is 3. The van der Waals surface area contributed by atoms with E-state index in [4.69, 9.17) is 9.47 Å². The molecule has 0 saturated heterocycles. The van der Waals surface area contributed by atoms with Crippen LogP contribution in [0.15, 0.2) is 28.7 Å². The van der Waals surface area contributed by atoms with Crippen LogP contribution < -0.4 is 0 Å². The first-order valence-corrected chi connectivity index (χ1v) is 10.8. The zero-order valence-corrected chi connectivity index (χ0v) is 18.8. The van der Waals surface area contributed by atoms with Crippen LogP contribution in [0.3, 0.4) is 0 Å². The smallest absolute Gasteiger partial charge is 0.333 e. The second kappa shape index (κ2) is 11.2. The van der Waals surface area contributed by atoms with Crippen molar-refractivity contribution in [3.63, 3.8) is 0 Å². The van der Waals surface area contributed by atoms with Gasteiger partial charge >= 0.3 is 5.97 Å². The number of hydrogen-bond acceptors (Lipinski definition) is 9. The maximum Gasteiger partial charge on any atom is 0.333 e. The van der Waals surface area contributed by atoms with Gasteiger partial charge in [0, 0.05) is 29.7 Å². The van der Waals surface area contributed by atoms with Crippen molar-refractivity contribution in [3.8, 4) is 10.7 Å². The normalized spacial score (nSPS) is 15.3. The molecule has 0 aliphatic carbocycles. The summed E-state index contributed by atoms with van der Waals surface area (Å²) in [5, 5.41) is 14.9. The lowest BCUT2D eigenvalue weighted by molar-refractivity contribution is -0.135. The monoisotopic (exact) mass is 438 g/mol. The first kappa shape index (κ1) is 23.2. The van der Waals surface area contributed by atoms with Crippen molar-refractivity contribution in [3.05, 3.63) is 39.4 Å². The van der Waals surface area contributed by atoms with Crippen LogP contribution in [0, 0.1) is 5.92 Å². The highest BCUT2D eigenvalue weighted by Crippen LogP contribution is 2.29. The molecule has 0 spiro atoms. The summed E-state index contributed by atoms with van der Waals surface area (Å²) in [4.78, 5) is 20.7. The van der Waals surface area contributed by atoms with Gasteiger partial charge in [-0.25, -0.2) is 14.8 Å². The van der Waals surface area contributed by atoms with Gasteiger partial charge in [-0.1, -0.05) is 19.9 Å². The fourth-order valence-electron chi connectivity index (χ4n) is 2.53. The summed E-state index contributed by atoms with van der Waals surface area (Å²) in [6.45, 7) is 3.92. The quantitative estimate of drug-likeness (QED) is 0.343. The molecule has 158 valence electrons. The predicted octanol–water partition coefficient (Wildman–Crippen LogP) is 3.73. The minimum Gasteiger partial charge on any atom is -0.500 e. The first-order chi connectivity index (χ1) is 13.9. The van der Waals surface area contributed by atoms with Crippen LogP contribution in [0.4, 0.5) is 0 Å². The fourth-order valence-corrected chi connectivity index (χ4v) is 4.20. The maximum absolute atomic E-state index is 11.5. The van der Waals surface area contributed by atoms with Crippen molar-refractivity contribution in [1.29, 1.82) is 0 Å². The van der Waals surface area contributed by atoms with Crippen molar-refractivity contribution in [2.45, 2.75) is 25.9 Å². The van der Waals surface area contributed by atoms with E-state index in [1.165, 1.54) is 43.0 Å². The van der Waals surface area contributed by atoms with Crippen LogP contribution in [-0.2, 0) is 19.0 Å². The van der Waals surface area contributed by atoms with Crippen molar-refractivity contribution in [1.82, 2.24) is 9.97 Å². The Balaban J connectivity index is 2.13. The summed E-state index contributed by atoms with van der Waals surface area (Å²) in [7, 11) is 4.43. The number of methoxy groups -OCH3 is 3. The van der Waals surface area contributed by atoms with Crippen LogP contribution in [0.5, 0.6) is 0 Å². The highest BCUT2D eigenvalue weighted by atomic mass is 32.1. The number of thiazole rings is 2. The molecule has 0 aliphatic rings. The average Bonchev–Trinajstić information content (AvgIpc) is 3.41. The zero-order valence-electron chi connectivity index (χ0n) is 17.1. The topological polar surface area (TPSA) is 90.8 Å². The van der Waals surface area contributed by atoms with E-state index in [0.717, 1.165) is 21.4 Å². The molecule has 0 aromatic carbocycles. The van der Waals surface area contributed by atoms with E-state index in [0.29, 0.717) is 5.76 Å². The van der Waals surface area contributed by atoms with Crippen molar-refractivity contribution in [2.24, 2.45) is 5.92 Å². The van der Waals surface area contributed by atoms with Crippen molar-refractivity contribution >= 4 is 34.7 Å². The van der Waals surface area contributed by atoms with E-state index in [1.54, 1.807) is 7.11 Å². The molecule has 3 atom stereocenters. The molecule has 2 aromatic rings. The molecule has 2 aromatic heterocycles. The molecular weight excluding hydrogens is 412 g/mol. The second-order valence-electron chi connectivity index (χ2n) is 6.35. The number of hydrogen-bond donors (Lipinski definition) is 1. The van der Waals surface area contributed by atoms with Crippen LogP contribution in [0.1, 0.15) is 30.5 Å². The van der Waals surface area contributed by atoms with Gasteiger partial charge in [-0.2, -0.15) is 0 Å². The Labute approximate surface area is 178 Å². The number of esters is 1. The number of aliphatic hydroxyl groups is 1. The molecule has 0 bridgehead atoms. The molecule has 2 heterocycles. The molecule has 0 fully saturated rings. The summed E-state index contributed by atoms with van der Waals surface area (Å²) < 4.78 is 15.5. The molecule has 9 heteroatoms. The Bertz CT molecular complexity index is 859. The lowest BCUT2D eigenvalue weighted by Crippen LogP contribution is -2.21. The molecule has 7 nitrogen and oxygen atoms in total. The molecule has 0 amide bonds. The molecule has 29 heavy (non-hydrogen) atoms. The number of carbonyl (C=O) groups is 1. The summed E-state index contributed by atoms with van der Waals surface area (Å²) in [6.07, 6.45) is 4.76. The Morgan fingerprint density at radius 2 is 1.93 bits per heavy atom. The van der Waals surface area contributed by atoms with Crippen LogP contribution in [0.25, 0.3) is 16.8 Å².